The lowest BCUT2D eigenvalue weighted by Crippen LogP contribution is -2.43. The Balaban J connectivity index is 2.37. The zero-order chi connectivity index (χ0) is 20.6. The zero-order valence-corrected chi connectivity index (χ0v) is 17.4. The van der Waals surface area contributed by atoms with E-state index < -0.39 is 5.92 Å². The van der Waals surface area contributed by atoms with E-state index in [0.29, 0.717) is 12.1 Å². The van der Waals surface area contributed by atoms with E-state index in [1.165, 1.54) is 51.4 Å². The Kier molecular flexibility index (Phi) is 13.0. The van der Waals surface area contributed by atoms with Gasteiger partial charge in [-0.25, -0.2) is 16.7 Å². The van der Waals surface area contributed by atoms with Gasteiger partial charge in [0.25, 0.3) is 0 Å². The van der Waals surface area contributed by atoms with E-state index in [9.17, 15) is 9.59 Å². The van der Waals surface area contributed by atoms with Crippen molar-refractivity contribution in [2.24, 2.45) is 17.6 Å². The molecule has 0 aliphatic rings. The number of nitrogens with two attached hydrogens (primary N) is 2. The average Bonchev–Trinajstić information content (AvgIpc) is 2.73. The summed E-state index contributed by atoms with van der Waals surface area (Å²) in [5, 5.41) is 1.14. The van der Waals surface area contributed by atoms with Crippen LogP contribution < -0.4 is 22.1 Å². The molecule has 0 fully saturated rings. The molecule has 1 aromatic rings. The van der Waals surface area contributed by atoms with Crippen LogP contribution in [0.4, 0.5) is 5.69 Å². The van der Waals surface area contributed by atoms with Gasteiger partial charge in [0, 0.05) is 12.3 Å². The van der Waals surface area contributed by atoms with Gasteiger partial charge in [0.15, 0.2) is 0 Å². The Hall–Kier alpha value is -1.92. The van der Waals surface area contributed by atoms with E-state index >= 15 is 0 Å². The molecule has 28 heavy (non-hydrogen) atoms. The third-order valence-corrected chi connectivity index (χ3v) is 5.12. The van der Waals surface area contributed by atoms with Crippen LogP contribution in [0.25, 0.3) is 0 Å². The van der Waals surface area contributed by atoms with Crippen LogP contribution in [-0.4, -0.2) is 11.8 Å². The number of para-hydroxylation sites is 1. The number of amides is 2. The first kappa shape index (κ1) is 24.1. The molecule has 0 aliphatic carbocycles. The summed E-state index contributed by atoms with van der Waals surface area (Å²) < 4.78 is 0. The van der Waals surface area contributed by atoms with Crippen molar-refractivity contribution in [1.82, 2.24) is 5.43 Å². The Bertz CT molecular complexity index is 551. The smallest absolute Gasteiger partial charge is 0.244 e. The second kappa shape index (κ2) is 15.1. The van der Waals surface area contributed by atoms with Crippen LogP contribution in [0.1, 0.15) is 84.0 Å². The summed E-state index contributed by atoms with van der Waals surface area (Å²) >= 11 is 0. The van der Waals surface area contributed by atoms with Crippen molar-refractivity contribution < 1.29 is 9.59 Å². The van der Waals surface area contributed by atoms with Crippen LogP contribution in [0.3, 0.4) is 0 Å². The fourth-order valence-electron chi connectivity index (χ4n) is 3.39. The summed E-state index contributed by atoms with van der Waals surface area (Å²) in [7, 11) is 0. The predicted molar refractivity (Wildman–Crippen MR) is 115 cm³/mol. The lowest BCUT2D eigenvalue weighted by molar-refractivity contribution is -0.129. The first-order valence-electron chi connectivity index (χ1n) is 10.7. The number of benzene rings is 1. The molecule has 5 N–H and O–H groups in total. The minimum absolute atomic E-state index is 0.0628. The largest absolute Gasteiger partial charge is 0.294 e. The highest BCUT2D eigenvalue weighted by Crippen LogP contribution is 2.20. The van der Waals surface area contributed by atoms with E-state index in [-0.39, 0.29) is 18.2 Å². The third-order valence-electron chi connectivity index (χ3n) is 5.12. The summed E-state index contributed by atoms with van der Waals surface area (Å²) in [4.78, 5) is 24.5. The maximum Gasteiger partial charge on any atom is 0.244 e. The van der Waals surface area contributed by atoms with Crippen molar-refractivity contribution in [3.8, 4) is 0 Å². The number of unbranched alkanes of at least 4 members (excludes halogenated alkanes) is 9. The lowest BCUT2D eigenvalue weighted by atomic mass is 9.95. The van der Waals surface area contributed by atoms with Gasteiger partial charge in [-0.15, -0.1) is 0 Å². The number of anilines is 1. The van der Waals surface area contributed by atoms with Crippen molar-refractivity contribution in [1.29, 1.82) is 0 Å². The SMILES string of the molecule is CCCCCCCCCCCCC(CC(=O)NN)C(=O)N(N)c1ccccc1. The number of hydrogen-bond donors (Lipinski definition) is 3. The Labute approximate surface area is 170 Å². The van der Waals surface area contributed by atoms with Gasteiger partial charge < -0.3 is 0 Å². The van der Waals surface area contributed by atoms with Gasteiger partial charge in [-0.05, 0) is 18.6 Å². The van der Waals surface area contributed by atoms with Crippen molar-refractivity contribution in [2.75, 3.05) is 5.01 Å². The predicted octanol–water partition coefficient (Wildman–Crippen LogP) is 4.20. The highest BCUT2D eigenvalue weighted by atomic mass is 16.2. The third kappa shape index (κ3) is 9.85. The Morgan fingerprint density at radius 2 is 1.46 bits per heavy atom. The second-order valence-electron chi connectivity index (χ2n) is 7.48. The van der Waals surface area contributed by atoms with Gasteiger partial charge in [-0.3, -0.25) is 15.0 Å². The van der Waals surface area contributed by atoms with Crippen molar-refractivity contribution in [3.63, 3.8) is 0 Å². The number of hydrazine groups is 2. The summed E-state index contributed by atoms with van der Waals surface area (Å²) in [5.41, 5.74) is 2.74. The molecule has 0 heterocycles. The van der Waals surface area contributed by atoms with Crippen molar-refractivity contribution in [2.45, 2.75) is 84.0 Å². The molecule has 0 aliphatic heterocycles. The van der Waals surface area contributed by atoms with Crippen LogP contribution in [0.5, 0.6) is 0 Å². The minimum Gasteiger partial charge on any atom is -0.294 e. The first-order valence-corrected chi connectivity index (χ1v) is 10.7. The highest BCUT2D eigenvalue weighted by Gasteiger charge is 2.25. The highest BCUT2D eigenvalue weighted by molar-refractivity contribution is 5.96. The summed E-state index contributed by atoms with van der Waals surface area (Å²) in [5.74, 6) is 10.2. The van der Waals surface area contributed by atoms with Crippen LogP contribution in [0.2, 0.25) is 0 Å². The molecule has 6 heteroatoms. The lowest BCUT2D eigenvalue weighted by Gasteiger charge is -2.23. The summed E-state index contributed by atoms with van der Waals surface area (Å²) in [6, 6.07) is 9.07. The van der Waals surface area contributed by atoms with E-state index in [4.69, 9.17) is 11.7 Å². The second-order valence-corrected chi connectivity index (χ2v) is 7.48. The summed E-state index contributed by atoms with van der Waals surface area (Å²) in [6.45, 7) is 2.24. The van der Waals surface area contributed by atoms with Gasteiger partial charge in [-0.2, -0.15) is 0 Å². The quantitative estimate of drug-likeness (QED) is 0.181. The van der Waals surface area contributed by atoms with E-state index in [0.717, 1.165) is 17.9 Å². The molecular formula is C22H38N4O2. The molecule has 0 saturated heterocycles. The van der Waals surface area contributed by atoms with E-state index in [1.54, 1.807) is 12.1 Å². The molecule has 6 nitrogen and oxygen atoms in total. The molecule has 1 rings (SSSR count). The molecule has 2 amide bonds. The van der Waals surface area contributed by atoms with Gasteiger partial charge in [0.05, 0.1) is 5.69 Å². The fraction of sp³-hybridized carbons (Fsp3) is 0.636. The normalized spacial score (nSPS) is 11.8. The maximum atomic E-state index is 12.8. The standard InChI is InChI=1S/C22H38N4O2/c1-2-3-4-5-6-7-8-9-10-12-15-19(18-21(27)25-23)22(28)26(24)20-16-13-11-14-17-20/h11,13-14,16-17,19H,2-10,12,15,18,23-24H2,1H3,(H,25,27). The van der Waals surface area contributed by atoms with Crippen molar-refractivity contribution >= 4 is 17.5 Å². The molecule has 0 saturated carbocycles. The molecule has 1 aromatic carbocycles. The molecule has 0 spiro atoms. The van der Waals surface area contributed by atoms with Gasteiger partial charge in [0.1, 0.15) is 0 Å². The molecular weight excluding hydrogens is 352 g/mol. The number of carbonyl (C=O) groups is 2. The van der Waals surface area contributed by atoms with Gasteiger partial charge >= 0.3 is 0 Å². The number of nitrogens with zero attached hydrogens (tertiary/aromatic N) is 1. The zero-order valence-electron chi connectivity index (χ0n) is 17.4. The van der Waals surface area contributed by atoms with Crippen molar-refractivity contribution in [3.05, 3.63) is 30.3 Å². The molecule has 158 valence electrons. The first-order chi connectivity index (χ1) is 13.6. The number of hydrogen-bond acceptors (Lipinski definition) is 4. The monoisotopic (exact) mass is 390 g/mol. The Morgan fingerprint density at radius 3 is 2.00 bits per heavy atom. The molecule has 0 bridgehead atoms. The average molecular weight is 391 g/mol. The molecule has 1 atom stereocenters. The fourth-order valence-corrected chi connectivity index (χ4v) is 3.39. The number of rotatable bonds is 15. The van der Waals surface area contributed by atoms with Gasteiger partial charge in [0.2, 0.25) is 11.8 Å². The minimum atomic E-state index is -0.456. The molecule has 0 radical (unpaired) electrons. The Morgan fingerprint density at radius 1 is 0.929 bits per heavy atom. The summed E-state index contributed by atoms with van der Waals surface area (Å²) in [6.07, 6.45) is 13.0. The van der Waals surface area contributed by atoms with Crippen LogP contribution in [0, 0.1) is 5.92 Å². The molecule has 0 aromatic heterocycles. The van der Waals surface area contributed by atoms with Crippen LogP contribution in [-0.2, 0) is 9.59 Å². The van der Waals surface area contributed by atoms with E-state index in [1.807, 2.05) is 18.2 Å². The number of carbonyl (C=O) groups excluding carboxylic acids is 2. The van der Waals surface area contributed by atoms with Crippen LogP contribution in [0.15, 0.2) is 30.3 Å². The number of nitrogens with one attached hydrogen (secondary N) is 1. The van der Waals surface area contributed by atoms with Crippen LogP contribution >= 0.6 is 0 Å². The van der Waals surface area contributed by atoms with Gasteiger partial charge in [-0.1, -0.05) is 89.3 Å². The van der Waals surface area contributed by atoms with E-state index in [2.05, 4.69) is 12.3 Å². The maximum absolute atomic E-state index is 12.8. The topological polar surface area (TPSA) is 101 Å². The molecule has 1 unspecified atom stereocenters.